The van der Waals surface area contributed by atoms with Crippen molar-refractivity contribution < 1.29 is 18.8 Å². The van der Waals surface area contributed by atoms with E-state index in [0.717, 1.165) is 36.9 Å². The molecule has 4 amide bonds. The van der Waals surface area contributed by atoms with Gasteiger partial charge in [-0.2, -0.15) is 0 Å². The highest BCUT2D eigenvalue weighted by Crippen LogP contribution is 2.32. The Kier molecular flexibility index (Phi) is 5.05. The van der Waals surface area contributed by atoms with Crippen molar-refractivity contribution in [1.82, 2.24) is 9.80 Å². The fraction of sp³-hybridized carbons (Fsp3) is 0.148. The van der Waals surface area contributed by atoms with Crippen LogP contribution in [0.5, 0.6) is 0 Å². The topological polar surface area (TPSA) is 70.8 Å². The summed E-state index contributed by atoms with van der Waals surface area (Å²) in [4.78, 5) is 42.1. The Morgan fingerprint density at radius 2 is 1.48 bits per heavy atom. The van der Waals surface area contributed by atoms with Crippen LogP contribution in [0, 0.1) is 0 Å². The van der Waals surface area contributed by atoms with E-state index in [1.807, 2.05) is 48.5 Å². The number of carbonyl (C=O) groups is 3. The standard InChI is InChI=1S/C27H22N2O4/c1-17(2)29-26(31)24(25(30)28(27(29)32)16-20-10-7-13-33-20)15-23-21-11-5-3-8-18(21)14-19-9-4-6-12-22(19)23/h3-15,17H,16H2,1-2H3/b24-15+. The smallest absolute Gasteiger partial charge is 0.334 e. The molecule has 5 rings (SSSR count). The summed E-state index contributed by atoms with van der Waals surface area (Å²) in [5.41, 5.74) is 0.729. The van der Waals surface area contributed by atoms with Gasteiger partial charge in [0.25, 0.3) is 11.8 Å². The van der Waals surface area contributed by atoms with Crippen LogP contribution in [0.1, 0.15) is 25.2 Å². The normalized spacial score (nSPS) is 16.1. The molecule has 1 aromatic heterocycles. The number of barbiturate groups is 1. The van der Waals surface area contributed by atoms with Gasteiger partial charge >= 0.3 is 6.03 Å². The van der Waals surface area contributed by atoms with Gasteiger partial charge in [-0.05, 0) is 65.2 Å². The van der Waals surface area contributed by atoms with Crippen LogP contribution >= 0.6 is 0 Å². The zero-order valence-corrected chi connectivity index (χ0v) is 18.3. The van der Waals surface area contributed by atoms with Crippen molar-refractivity contribution in [2.24, 2.45) is 0 Å². The van der Waals surface area contributed by atoms with Crippen molar-refractivity contribution in [1.29, 1.82) is 0 Å². The van der Waals surface area contributed by atoms with E-state index in [0.29, 0.717) is 5.76 Å². The third-order valence-corrected chi connectivity index (χ3v) is 5.87. The number of amides is 4. The van der Waals surface area contributed by atoms with Crippen LogP contribution < -0.4 is 0 Å². The summed E-state index contributed by atoms with van der Waals surface area (Å²) in [5.74, 6) is -0.757. The Hall–Kier alpha value is -4.19. The van der Waals surface area contributed by atoms with Crippen molar-refractivity contribution in [2.45, 2.75) is 26.4 Å². The predicted molar refractivity (Wildman–Crippen MR) is 126 cm³/mol. The maximum absolute atomic E-state index is 13.5. The third kappa shape index (κ3) is 3.49. The van der Waals surface area contributed by atoms with E-state index in [1.165, 1.54) is 6.26 Å². The minimum absolute atomic E-state index is 0.0450. The number of fused-ring (bicyclic) bond motifs is 2. The van der Waals surface area contributed by atoms with Crippen LogP contribution in [0.3, 0.4) is 0 Å². The molecular weight excluding hydrogens is 416 g/mol. The van der Waals surface area contributed by atoms with Gasteiger partial charge in [0.05, 0.1) is 12.8 Å². The summed E-state index contributed by atoms with van der Waals surface area (Å²) in [5, 5.41) is 3.86. The number of nitrogens with zero attached hydrogens (tertiary/aromatic N) is 2. The number of benzene rings is 3. The zero-order chi connectivity index (χ0) is 23.1. The van der Waals surface area contributed by atoms with E-state index in [-0.39, 0.29) is 12.1 Å². The van der Waals surface area contributed by atoms with Crippen LogP contribution in [0.15, 0.2) is 83.0 Å². The number of furan rings is 1. The summed E-state index contributed by atoms with van der Waals surface area (Å²) >= 11 is 0. The summed E-state index contributed by atoms with van der Waals surface area (Å²) in [6, 6.07) is 20.1. The molecule has 3 aromatic carbocycles. The predicted octanol–water partition coefficient (Wildman–Crippen LogP) is 5.37. The van der Waals surface area contributed by atoms with Crippen LogP contribution in [0.4, 0.5) is 4.79 Å². The average molecular weight is 438 g/mol. The molecule has 1 saturated heterocycles. The summed E-state index contributed by atoms with van der Waals surface area (Å²) in [6.07, 6.45) is 3.12. The first-order valence-corrected chi connectivity index (χ1v) is 10.8. The molecule has 0 unspecified atom stereocenters. The van der Waals surface area contributed by atoms with Crippen molar-refractivity contribution in [3.05, 3.63) is 89.9 Å². The Balaban J connectivity index is 1.72. The fourth-order valence-electron chi connectivity index (χ4n) is 4.30. The molecule has 1 aliphatic heterocycles. The lowest BCUT2D eigenvalue weighted by atomic mass is 9.94. The fourth-order valence-corrected chi connectivity index (χ4v) is 4.30. The molecule has 1 aliphatic rings. The highest BCUT2D eigenvalue weighted by Gasteiger charge is 2.43. The highest BCUT2D eigenvalue weighted by molar-refractivity contribution is 6.31. The Morgan fingerprint density at radius 1 is 0.848 bits per heavy atom. The van der Waals surface area contributed by atoms with Crippen LogP contribution in [-0.4, -0.2) is 33.7 Å². The number of urea groups is 1. The van der Waals surface area contributed by atoms with Gasteiger partial charge in [-0.25, -0.2) is 4.79 Å². The van der Waals surface area contributed by atoms with E-state index in [2.05, 4.69) is 6.07 Å². The molecule has 0 spiro atoms. The molecule has 1 fully saturated rings. The van der Waals surface area contributed by atoms with Gasteiger partial charge in [-0.1, -0.05) is 48.5 Å². The van der Waals surface area contributed by atoms with Gasteiger partial charge in [0, 0.05) is 6.04 Å². The monoisotopic (exact) mass is 438 g/mol. The minimum atomic E-state index is -0.642. The maximum Gasteiger partial charge on any atom is 0.334 e. The molecular formula is C27H22N2O4. The Bertz CT molecular complexity index is 1380. The number of rotatable bonds is 4. The van der Waals surface area contributed by atoms with Crippen molar-refractivity contribution in [3.8, 4) is 0 Å². The van der Waals surface area contributed by atoms with E-state index in [9.17, 15) is 14.4 Å². The molecule has 0 saturated carbocycles. The van der Waals surface area contributed by atoms with Crippen molar-refractivity contribution >= 4 is 45.5 Å². The van der Waals surface area contributed by atoms with Crippen LogP contribution in [-0.2, 0) is 16.1 Å². The molecule has 164 valence electrons. The molecule has 4 aromatic rings. The number of imide groups is 2. The van der Waals surface area contributed by atoms with Gasteiger partial charge in [0.1, 0.15) is 11.3 Å². The second-order valence-electron chi connectivity index (χ2n) is 8.31. The quantitative estimate of drug-likeness (QED) is 0.244. The first-order valence-electron chi connectivity index (χ1n) is 10.8. The molecule has 2 heterocycles. The van der Waals surface area contributed by atoms with E-state index in [4.69, 9.17) is 4.42 Å². The van der Waals surface area contributed by atoms with Crippen molar-refractivity contribution in [2.75, 3.05) is 0 Å². The second-order valence-corrected chi connectivity index (χ2v) is 8.31. The number of hydrogen-bond acceptors (Lipinski definition) is 4. The molecule has 33 heavy (non-hydrogen) atoms. The lowest BCUT2D eigenvalue weighted by Crippen LogP contribution is -2.58. The van der Waals surface area contributed by atoms with Crippen molar-refractivity contribution in [3.63, 3.8) is 0 Å². The molecule has 0 atom stereocenters. The largest absolute Gasteiger partial charge is 0.467 e. The van der Waals surface area contributed by atoms with Crippen LogP contribution in [0.2, 0.25) is 0 Å². The molecule has 0 radical (unpaired) electrons. The first kappa shape index (κ1) is 20.7. The van der Waals surface area contributed by atoms with E-state index in [1.54, 1.807) is 32.1 Å². The Morgan fingerprint density at radius 3 is 2.06 bits per heavy atom. The van der Waals surface area contributed by atoms with Crippen LogP contribution in [0.25, 0.3) is 27.6 Å². The van der Waals surface area contributed by atoms with Gasteiger partial charge in [0.2, 0.25) is 0 Å². The SMILES string of the molecule is CC(C)N1C(=O)/C(=C/c2c3ccccc3cc3ccccc23)C(=O)N(Cc2ccco2)C1=O. The minimum Gasteiger partial charge on any atom is -0.467 e. The number of carbonyl (C=O) groups excluding carboxylic acids is 3. The summed E-state index contributed by atoms with van der Waals surface area (Å²) in [7, 11) is 0. The van der Waals surface area contributed by atoms with Gasteiger partial charge < -0.3 is 4.42 Å². The second kappa shape index (κ2) is 8.06. The maximum atomic E-state index is 13.5. The molecule has 0 aliphatic carbocycles. The van der Waals surface area contributed by atoms with Gasteiger partial charge in [0.15, 0.2) is 0 Å². The van der Waals surface area contributed by atoms with E-state index >= 15 is 0 Å². The Labute approximate surface area is 190 Å². The zero-order valence-electron chi connectivity index (χ0n) is 18.3. The highest BCUT2D eigenvalue weighted by atomic mass is 16.3. The molecule has 6 heteroatoms. The molecule has 0 N–H and O–H groups in total. The number of hydrogen-bond donors (Lipinski definition) is 0. The molecule has 6 nitrogen and oxygen atoms in total. The lowest BCUT2D eigenvalue weighted by Gasteiger charge is -2.35. The average Bonchev–Trinajstić information content (AvgIpc) is 3.32. The summed E-state index contributed by atoms with van der Waals surface area (Å²) < 4.78 is 5.36. The lowest BCUT2D eigenvalue weighted by molar-refractivity contribution is -0.137. The van der Waals surface area contributed by atoms with Gasteiger partial charge in [-0.3, -0.25) is 19.4 Å². The summed E-state index contributed by atoms with van der Waals surface area (Å²) in [6.45, 7) is 3.46. The van der Waals surface area contributed by atoms with E-state index < -0.39 is 23.9 Å². The van der Waals surface area contributed by atoms with Gasteiger partial charge in [-0.15, -0.1) is 0 Å². The molecule has 0 bridgehead atoms. The first-order chi connectivity index (χ1) is 16.0. The third-order valence-electron chi connectivity index (χ3n) is 5.87.